The van der Waals surface area contributed by atoms with Crippen molar-refractivity contribution in [3.63, 3.8) is 0 Å². The highest BCUT2D eigenvalue weighted by Crippen LogP contribution is 2.17. The van der Waals surface area contributed by atoms with Gasteiger partial charge in [-0.1, -0.05) is 0 Å². The van der Waals surface area contributed by atoms with Gasteiger partial charge in [-0.2, -0.15) is 13.2 Å². The number of aromatic nitrogens is 1. The molecule has 7 heteroatoms. The zero-order valence-corrected chi connectivity index (χ0v) is 8.80. The van der Waals surface area contributed by atoms with E-state index in [9.17, 15) is 22.8 Å². The number of alkyl halides is 3. The molecule has 0 aliphatic carbocycles. The predicted octanol–water partition coefficient (Wildman–Crippen LogP) is 1.99. The van der Waals surface area contributed by atoms with Crippen molar-refractivity contribution >= 4 is 22.2 Å². The second kappa shape index (κ2) is 4.18. The van der Waals surface area contributed by atoms with Crippen LogP contribution in [0.4, 0.5) is 13.2 Å². The summed E-state index contributed by atoms with van der Waals surface area (Å²) in [4.78, 5) is 21.6. The minimum absolute atomic E-state index is 0.222. The molecular weight excluding hydrogens is 279 g/mol. The van der Waals surface area contributed by atoms with Crippen molar-refractivity contribution in [1.29, 1.82) is 0 Å². The molecule has 0 radical (unpaired) electrons. The Morgan fingerprint density at radius 1 is 1.47 bits per heavy atom. The molecule has 1 rings (SSSR count). The van der Waals surface area contributed by atoms with E-state index < -0.39 is 18.3 Å². The second-order valence-electron chi connectivity index (χ2n) is 2.78. The highest BCUT2D eigenvalue weighted by molar-refractivity contribution is 9.10. The van der Waals surface area contributed by atoms with Crippen molar-refractivity contribution in [2.75, 3.05) is 0 Å². The standard InChI is InChI=1S/C8H5BrF3NO2/c9-6-1-5(3-14)7(15)13(2-6)4-8(10,11)12/h1-3H,4H2. The van der Waals surface area contributed by atoms with Gasteiger partial charge in [-0.05, 0) is 22.0 Å². The van der Waals surface area contributed by atoms with E-state index in [4.69, 9.17) is 0 Å². The molecule has 0 saturated carbocycles. The number of carbonyl (C=O) groups is 1. The zero-order chi connectivity index (χ0) is 11.6. The summed E-state index contributed by atoms with van der Waals surface area (Å²) in [5.74, 6) is 0. The summed E-state index contributed by atoms with van der Waals surface area (Å²) in [7, 11) is 0. The average molecular weight is 284 g/mol. The Morgan fingerprint density at radius 2 is 2.07 bits per heavy atom. The third-order valence-electron chi connectivity index (χ3n) is 1.56. The highest BCUT2D eigenvalue weighted by Gasteiger charge is 2.28. The number of carbonyl (C=O) groups excluding carboxylic acids is 1. The molecule has 0 amide bonds. The topological polar surface area (TPSA) is 39.1 Å². The first-order valence-electron chi connectivity index (χ1n) is 3.75. The molecule has 0 spiro atoms. The Bertz CT molecular complexity index is 438. The second-order valence-corrected chi connectivity index (χ2v) is 3.70. The van der Waals surface area contributed by atoms with Crippen LogP contribution < -0.4 is 5.56 Å². The lowest BCUT2D eigenvalue weighted by molar-refractivity contribution is -0.141. The van der Waals surface area contributed by atoms with E-state index in [1.165, 1.54) is 6.07 Å². The van der Waals surface area contributed by atoms with Gasteiger partial charge in [0.2, 0.25) is 0 Å². The summed E-state index contributed by atoms with van der Waals surface area (Å²) in [5.41, 5.74) is -1.26. The SMILES string of the molecule is O=Cc1cc(Br)cn(CC(F)(F)F)c1=O. The van der Waals surface area contributed by atoms with Crippen LogP contribution in [0, 0.1) is 0 Å². The van der Waals surface area contributed by atoms with Crippen LogP contribution >= 0.6 is 15.9 Å². The number of nitrogens with zero attached hydrogens (tertiary/aromatic N) is 1. The fourth-order valence-electron chi connectivity index (χ4n) is 1.02. The van der Waals surface area contributed by atoms with Crippen LogP contribution in [0.3, 0.4) is 0 Å². The Kier molecular flexibility index (Phi) is 3.33. The smallest absolute Gasteiger partial charge is 0.305 e. The highest BCUT2D eigenvalue weighted by atomic mass is 79.9. The molecular formula is C8H5BrF3NO2. The van der Waals surface area contributed by atoms with E-state index in [2.05, 4.69) is 15.9 Å². The number of aldehydes is 1. The van der Waals surface area contributed by atoms with Crippen LogP contribution in [0.15, 0.2) is 21.5 Å². The molecule has 82 valence electrons. The van der Waals surface area contributed by atoms with Gasteiger partial charge in [0, 0.05) is 10.7 Å². The third-order valence-corrected chi connectivity index (χ3v) is 1.99. The van der Waals surface area contributed by atoms with E-state index in [-0.39, 0.29) is 16.3 Å². The van der Waals surface area contributed by atoms with Crippen LogP contribution in [0.1, 0.15) is 10.4 Å². The average Bonchev–Trinajstić information content (AvgIpc) is 2.08. The van der Waals surface area contributed by atoms with Gasteiger partial charge in [0.1, 0.15) is 6.54 Å². The van der Waals surface area contributed by atoms with E-state index in [0.29, 0.717) is 4.57 Å². The maximum absolute atomic E-state index is 12.0. The lowest BCUT2D eigenvalue weighted by Gasteiger charge is -2.09. The van der Waals surface area contributed by atoms with Crippen LogP contribution in [0.5, 0.6) is 0 Å². The molecule has 1 aromatic rings. The first-order valence-corrected chi connectivity index (χ1v) is 4.55. The summed E-state index contributed by atoms with van der Waals surface area (Å²) in [5, 5.41) is 0. The summed E-state index contributed by atoms with van der Waals surface area (Å²) >= 11 is 2.91. The molecule has 0 aliphatic heterocycles. The van der Waals surface area contributed by atoms with Crippen molar-refractivity contribution in [2.24, 2.45) is 0 Å². The minimum Gasteiger partial charge on any atom is -0.305 e. The quantitative estimate of drug-likeness (QED) is 0.779. The van der Waals surface area contributed by atoms with Crippen LogP contribution in [0.2, 0.25) is 0 Å². The lowest BCUT2D eigenvalue weighted by Crippen LogP contribution is -2.29. The largest absolute Gasteiger partial charge is 0.406 e. The number of rotatable bonds is 2. The van der Waals surface area contributed by atoms with Gasteiger partial charge in [0.05, 0.1) is 5.56 Å². The molecule has 0 N–H and O–H groups in total. The molecule has 0 saturated heterocycles. The molecule has 0 aliphatic rings. The van der Waals surface area contributed by atoms with Crippen LogP contribution in [0.25, 0.3) is 0 Å². The van der Waals surface area contributed by atoms with Gasteiger partial charge in [0.15, 0.2) is 6.29 Å². The predicted molar refractivity (Wildman–Crippen MR) is 49.8 cm³/mol. The van der Waals surface area contributed by atoms with Crippen LogP contribution in [-0.2, 0) is 6.54 Å². The number of halogens is 4. The Labute approximate surface area is 90.6 Å². The summed E-state index contributed by atoms with van der Waals surface area (Å²) < 4.78 is 36.8. The fraction of sp³-hybridized carbons (Fsp3) is 0.250. The molecule has 0 atom stereocenters. The van der Waals surface area contributed by atoms with Gasteiger partial charge >= 0.3 is 6.18 Å². The Morgan fingerprint density at radius 3 is 2.53 bits per heavy atom. The summed E-state index contributed by atoms with van der Waals surface area (Å²) in [6.07, 6.45) is -3.28. The Hall–Kier alpha value is -1.11. The molecule has 15 heavy (non-hydrogen) atoms. The van der Waals surface area contributed by atoms with Crippen molar-refractivity contribution in [3.8, 4) is 0 Å². The number of hydrogen-bond donors (Lipinski definition) is 0. The van der Waals surface area contributed by atoms with Crippen molar-refractivity contribution in [1.82, 2.24) is 4.57 Å². The normalized spacial score (nSPS) is 11.5. The van der Waals surface area contributed by atoms with E-state index in [1.54, 1.807) is 0 Å². The monoisotopic (exact) mass is 283 g/mol. The molecule has 1 aromatic heterocycles. The molecule has 1 heterocycles. The molecule has 0 aromatic carbocycles. The van der Waals surface area contributed by atoms with Gasteiger partial charge in [-0.25, -0.2) is 0 Å². The van der Waals surface area contributed by atoms with Gasteiger partial charge in [-0.3, -0.25) is 9.59 Å². The summed E-state index contributed by atoms with van der Waals surface area (Å²) in [6, 6.07) is 1.17. The first-order chi connectivity index (χ1) is 6.83. The maximum atomic E-state index is 12.0. The Balaban J connectivity index is 3.24. The van der Waals surface area contributed by atoms with E-state index >= 15 is 0 Å². The number of hydrogen-bond acceptors (Lipinski definition) is 2. The maximum Gasteiger partial charge on any atom is 0.406 e. The van der Waals surface area contributed by atoms with Crippen molar-refractivity contribution < 1.29 is 18.0 Å². The van der Waals surface area contributed by atoms with E-state index in [1.807, 2.05) is 0 Å². The van der Waals surface area contributed by atoms with Crippen molar-refractivity contribution in [3.05, 3.63) is 32.7 Å². The number of pyridine rings is 1. The molecule has 0 unspecified atom stereocenters. The lowest BCUT2D eigenvalue weighted by atomic mass is 10.3. The molecule has 0 bridgehead atoms. The minimum atomic E-state index is -4.50. The third kappa shape index (κ3) is 3.19. The fourth-order valence-corrected chi connectivity index (χ4v) is 1.51. The van der Waals surface area contributed by atoms with Gasteiger partial charge < -0.3 is 4.57 Å². The van der Waals surface area contributed by atoms with Crippen LogP contribution in [-0.4, -0.2) is 17.0 Å². The summed E-state index contributed by atoms with van der Waals surface area (Å²) in [6.45, 7) is -1.41. The van der Waals surface area contributed by atoms with Gasteiger partial charge in [-0.15, -0.1) is 0 Å². The van der Waals surface area contributed by atoms with Crippen molar-refractivity contribution in [2.45, 2.75) is 12.7 Å². The van der Waals surface area contributed by atoms with Gasteiger partial charge in [0.25, 0.3) is 5.56 Å². The van der Waals surface area contributed by atoms with E-state index in [0.717, 1.165) is 6.20 Å². The molecule has 3 nitrogen and oxygen atoms in total. The zero-order valence-electron chi connectivity index (χ0n) is 7.21. The molecule has 0 fully saturated rings. The first kappa shape index (κ1) is 12.0.